The Bertz CT molecular complexity index is 323. The number of hydrogen-bond donors (Lipinski definition) is 2. The molecule has 0 radical (unpaired) electrons. The lowest BCUT2D eigenvalue weighted by Crippen LogP contribution is -2.23. The zero-order valence-corrected chi connectivity index (χ0v) is 11.2. The molecule has 0 aliphatic rings. The molecule has 2 nitrogen and oxygen atoms in total. The van der Waals surface area contributed by atoms with Gasteiger partial charge >= 0.3 is 0 Å². The van der Waals surface area contributed by atoms with Crippen molar-refractivity contribution >= 4 is 11.8 Å². The molecule has 3 heteroatoms. The molecule has 1 unspecified atom stereocenters. The zero-order chi connectivity index (χ0) is 12.5. The molecule has 0 saturated heterocycles. The van der Waals surface area contributed by atoms with Gasteiger partial charge in [-0.3, -0.25) is 0 Å². The average Bonchev–Trinajstić information content (AvgIpc) is 2.35. The van der Waals surface area contributed by atoms with Gasteiger partial charge in [-0.2, -0.15) is 11.8 Å². The van der Waals surface area contributed by atoms with Crippen LogP contribution in [0.2, 0.25) is 0 Å². The van der Waals surface area contributed by atoms with E-state index in [-0.39, 0.29) is 0 Å². The lowest BCUT2D eigenvalue weighted by molar-refractivity contribution is 0.473. The minimum Gasteiger partial charge on any atom is -0.508 e. The Hall–Kier alpha value is -0.930. The number of thioether (sulfide) groups is 1. The number of benzene rings is 1. The number of phenols is 1. The van der Waals surface area contributed by atoms with Crippen LogP contribution < -0.4 is 5.32 Å². The summed E-state index contributed by atoms with van der Waals surface area (Å²) in [6.45, 7) is 6.87. The number of nitrogens with one attached hydrogen (secondary N) is 1. The summed E-state index contributed by atoms with van der Waals surface area (Å²) in [7, 11) is 0. The minimum atomic E-state index is 0.324. The van der Waals surface area contributed by atoms with Gasteiger partial charge in [-0.05, 0) is 24.1 Å². The topological polar surface area (TPSA) is 32.3 Å². The van der Waals surface area contributed by atoms with Crippen molar-refractivity contribution in [1.82, 2.24) is 5.32 Å². The molecule has 0 saturated carbocycles. The highest BCUT2D eigenvalue weighted by molar-refractivity contribution is 7.99. The van der Waals surface area contributed by atoms with Crippen molar-refractivity contribution in [3.05, 3.63) is 42.5 Å². The second-order valence-electron chi connectivity index (χ2n) is 3.87. The summed E-state index contributed by atoms with van der Waals surface area (Å²) in [5, 5.41) is 12.8. The summed E-state index contributed by atoms with van der Waals surface area (Å²) < 4.78 is 0. The maximum Gasteiger partial charge on any atom is 0.115 e. The van der Waals surface area contributed by atoms with Crippen molar-refractivity contribution in [2.75, 3.05) is 18.1 Å². The van der Waals surface area contributed by atoms with Crippen LogP contribution in [-0.4, -0.2) is 23.2 Å². The summed E-state index contributed by atoms with van der Waals surface area (Å²) in [5.41, 5.74) is 1.24. The summed E-state index contributed by atoms with van der Waals surface area (Å²) in [6.07, 6.45) is 2.98. The molecule has 1 atom stereocenters. The second-order valence-corrected chi connectivity index (χ2v) is 5.02. The van der Waals surface area contributed by atoms with Crippen molar-refractivity contribution < 1.29 is 5.11 Å². The fraction of sp³-hybridized carbons (Fsp3) is 0.429. The van der Waals surface area contributed by atoms with Gasteiger partial charge in [-0.25, -0.2) is 0 Å². The van der Waals surface area contributed by atoms with E-state index in [0.29, 0.717) is 11.8 Å². The summed E-state index contributed by atoms with van der Waals surface area (Å²) >= 11 is 1.88. The first-order valence-electron chi connectivity index (χ1n) is 5.99. The average molecular weight is 251 g/mol. The van der Waals surface area contributed by atoms with Gasteiger partial charge in [0.2, 0.25) is 0 Å². The van der Waals surface area contributed by atoms with E-state index in [4.69, 9.17) is 0 Å². The predicted molar refractivity (Wildman–Crippen MR) is 76.7 cm³/mol. The van der Waals surface area contributed by atoms with Crippen LogP contribution in [0.5, 0.6) is 5.75 Å². The van der Waals surface area contributed by atoms with E-state index in [2.05, 4.69) is 18.8 Å². The smallest absolute Gasteiger partial charge is 0.115 e. The van der Waals surface area contributed by atoms with Crippen LogP contribution in [0.25, 0.3) is 0 Å². The molecule has 1 rings (SSSR count). The molecule has 0 amide bonds. The van der Waals surface area contributed by atoms with Crippen molar-refractivity contribution in [1.29, 1.82) is 0 Å². The van der Waals surface area contributed by atoms with Crippen molar-refractivity contribution in [2.45, 2.75) is 19.4 Å². The lowest BCUT2D eigenvalue weighted by Gasteiger charge is -2.17. The molecule has 0 aliphatic carbocycles. The van der Waals surface area contributed by atoms with Crippen LogP contribution in [0.15, 0.2) is 36.9 Å². The third-order valence-electron chi connectivity index (χ3n) is 2.58. The fourth-order valence-electron chi connectivity index (χ4n) is 1.68. The van der Waals surface area contributed by atoms with Crippen LogP contribution >= 0.6 is 11.8 Å². The van der Waals surface area contributed by atoms with Gasteiger partial charge < -0.3 is 10.4 Å². The third kappa shape index (κ3) is 5.29. The molecule has 0 fully saturated rings. The Kier molecular flexibility index (Phi) is 6.82. The number of hydrogen-bond acceptors (Lipinski definition) is 3. The molecule has 1 aromatic rings. The van der Waals surface area contributed by atoms with Gasteiger partial charge in [-0.1, -0.05) is 25.1 Å². The first-order chi connectivity index (χ1) is 8.27. The summed E-state index contributed by atoms with van der Waals surface area (Å²) in [5.74, 6) is 2.43. The van der Waals surface area contributed by atoms with Gasteiger partial charge in [0.05, 0.1) is 0 Å². The summed E-state index contributed by atoms with van der Waals surface area (Å²) in [6, 6.07) is 7.82. The van der Waals surface area contributed by atoms with Crippen molar-refractivity contribution in [3.8, 4) is 5.75 Å². The van der Waals surface area contributed by atoms with Crippen LogP contribution in [0.3, 0.4) is 0 Å². The van der Waals surface area contributed by atoms with E-state index in [9.17, 15) is 5.11 Å². The maximum absolute atomic E-state index is 9.25. The van der Waals surface area contributed by atoms with Crippen LogP contribution in [0.4, 0.5) is 0 Å². The molecule has 0 spiro atoms. The molecule has 0 aliphatic heterocycles. The first kappa shape index (κ1) is 14.1. The van der Waals surface area contributed by atoms with E-state index in [1.165, 1.54) is 5.56 Å². The van der Waals surface area contributed by atoms with Crippen LogP contribution in [0, 0.1) is 0 Å². The van der Waals surface area contributed by atoms with E-state index >= 15 is 0 Å². The van der Waals surface area contributed by atoms with Crippen LogP contribution in [0.1, 0.15) is 24.9 Å². The zero-order valence-electron chi connectivity index (χ0n) is 10.4. The third-order valence-corrected chi connectivity index (χ3v) is 3.54. The van der Waals surface area contributed by atoms with E-state index < -0.39 is 0 Å². The van der Waals surface area contributed by atoms with Gasteiger partial charge in [0.15, 0.2) is 0 Å². The Morgan fingerprint density at radius 2 is 2.12 bits per heavy atom. The van der Waals surface area contributed by atoms with Gasteiger partial charge in [0.25, 0.3) is 0 Å². The monoisotopic (exact) mass is 251 g/mol. The molecule has 0 bridgehead atoms. The molecule has 17 heavy (non-hydrogen) atoms. The van der Waals surface area contributed by atoms with Crippen LogP contribution in [-0.2, 0) is 0 Å². The molecule has 1 aromatic carbocycles. The first-order valence-corrected chi connectivity index (χ1v) is 7.14. The standard InChI is InChI=1S/C14H21NOS/c1-3-10-17-11-9-15-14(4-2)12-5-7-13(16)8-6-12/h3,5-8,14-16H,1,4,9-11H2,2H3. The molecule has 0 heterocycles. The summed E-state index contributed by atoms with van der Waals surface area (Å²) in [4.78, 5) is 0. The highest BCUT2D eigenvalue weighted by atomic mass is 32.2. The Morgan fingerprint density at radius 3 is 2.71 bits per heavy atom. The number of rotatable bonds is 8. The maximum atomic E-state index is 9.25. The Balaban J connectivity index is 2.37. The SMILES string of the molecule is C=CCSCCNC(CC)c1ccc(O)cc1. The Labute approximate surface area is 108 Å². The van der Waals surface area contributed by atoms with E-state index in [1.54, 1.807) is 12.1 Å². The normalized spacial score (nSPS) is 12.3. The highest BCUT2D eigenvalue weighted by Gasteiger charge is 2.07. The van der Waals surface area contributed by atoms with Crippen molar-refractivity contribution in [3.63, 3.8) is 0 Å². The fourth-order valence-corrected chi connectivity index (χ4v) is 2.27. The largest absolute Gasteiger partial charge is 0.508 e. The molecular formula is C14H21NOS. The molecule has 0 aromatic heterocycles. The van der Waals surface area contributed by atoms with E-state index in [1.807, 2.05) is 30.0 Å². The quantitative estimate of drug-likeness (QED) is 0.549. The molecular weight excluding hydrogens is 230 g/mol. The number of aromatic hydroxyl groups is 1. The highest BCUT2D eigenvalue weighted by Crippen LogP contribution is 2.19. The van der Waals surface area contributed by atoms with Crippen molar-refractivity contribution in [2.24, 2.45) is 0 Å². The second kappa shape index (κ2) is 8.20. The number of phenolic OH excluding ortho intramolecular Hbond substituents is 1. The predicted octanol–water partition coefficient (Wildman–Crippen LogP) is 3.35. The molecule has 94 valence electrons. The van der Waals surface area contributed by atoms with Gasteiger partial charge in [0, 0.05) is 24.1 Å². The molecule has 2 N–H and O–H groups in total. The van der Waals surface area contributed by atoms with Gasteiger partial charge in [-0.15, -0.1) is 6.58 Å². The minimum absolute atomic E-state index is 0.324. The Morgan fingerprint density at radius 1 is 1.41 bits per heavy atom. The van der Waals surface area contributed by atoms with E-state index in [0.717, 1.165) is 24.5 Å². The lowest BCUT2D eigenvalue weighted by atomic mass is 10.0. The van der Waals surface area contributed by atoms with Gasteiger partial charge in [0.1, 0.15) is 5.75 Å².